The molecule has 3 aromatic rings. The van der Waals surface area contributed by atoms with Crippen molar-refractivity contribution < 1.29 is 0 Å². The summed E-state index contributed by atoms with van der Waals surface area (Å²) in [5, 5.41) is 0. The van der Waals surface area contributed by atoms with Gasteiger partial charge in [-0.25, -0.2) is 0 Å². The van der Waals surface area contributed by atoms with Crippen LogP contribution in [0.15, 0.2) is 84.9 Å². The topological polar surface area (TPSA) is 0 Å². The van der Waals surface area contributed by atoms with Crippen LogP contribution in [0.2, 0.25) is 0 Å². The van der Waals surface area contributed by atoms with E-state index in [9.17, 15) is 0 Å². The van der Waals surface area contributed by atoms with Gasteiger partial charge < -0.3 is 0 Å². The molecule has 0 heterocycles. The van der Waals surface area contributed by atoms with E-state index in [-0.39, 0.29) is 0 Å². The molecule has 0 saturated carbocycles. The molecule has 0 unspecified atom stereocenters. The Kier molecular flexibility index (Phi) is 6.53. The standard InChI is InChI=1S/C12H9I.C6H5I/c13-12-9-5-4-8-11(12)10-6-2-1-3-7-10;7-6-4-2-1-3-5-6/h1-9H;1-5H. The molecule has 0 atom stereocenters. The molecule has 0 bridgehead atoms. The summed E-state index contributed by atoms with van der Waals surface area (Å²) in [6.45, 7) is 0. The molecule has 0 spiro atoms. The van der Waals surface area contributed by atoms with Gasteiger partial charge in [-0.2, -0.15) is 0 Å². The molecule has 0 aromatic heterocycles. The zero-order chi connectivity index (χ0) is 14.2. The summed E-state index contributed by atoms with van der Waals surface area (Å²) in [6, 6.07) is 29.1. The van der Waals surface area contributed by atoms with Crippen molar-refractivity contribution in [3.05, 3.63) is 92.1 Å². The molecule has 3 rings (SSSR count). The van der Waals surface area contributed by atoms with Crippen LogP contribution >= 0.6 is 45.2 Å². The van der Waals surface area contributed by atoms with Crippen molar-refractivity contribution in [2.24, 2.45) is 0 Å². The Bertz CT molecular complexity index is 634. The van der Waals surface area contributed by atoms with E-state index >= 15 is 0 Å². The fourth-order valence-corrected chi connectivity index (χ4v) is 2.84. The third kappa shape index (κ3) is 4.90. The molecule has 0 saturated heterocycles. The summed E-state index contributed by atoms with van der Waals surface area (Å²) in [5.74, 6) is 0. The average molecular weight is 484 g/mol. The van der Waals surface area contributed by atoms with E-state index < -0.39 is 0 Å². The van der Waals surface area contributed by atoms with Gasteiger partial charge in [0, 0.05) is 7.14 Å². The van der Waals surface area contributed by atoms with Crippen LogP contribution in [0, 0.1) is 7.14 Å². The molecule has 0 fully saturated rings. The van der Waals surface area contributed by atoms with Crippen molar-refractivity contribution in [2.45, 2.75) is 0 Å². The minimum absolute atomic E-state index is 1.28. The lowest BCUT2D eigenvalue weighted by Gasteiger charge is -2.02. The van der Waals surface area contributed by atoms with Gasteiger partial charge >= 0.3 is 0 Å². The first kappa shape index (κ1) is 15.5. The van der Waals surface area contributed by atoms with Crippen molar-refractivity contribution in [3.63, 3.8) is 0 Å². The maximum absolute atomic E-state index is 2.36. The van der Waals surface area contributed by atoms with Crippen LogP contribution < -0.4 is 0 Å². The fourth-order valence-electron chi connectivity index (χ4n) is 1.73. The maximum Gasteiger partial charge on any atom is 0.0208 e. The van der Waals surface area contributed by atoms with Gasteiger partial charge in [-0.3, -0.25) is 0 Å². The summed E-state index contributed by atoms with van der Waals surface area (Å²) in [6.07, 6.45) is 0. The van der Waals surface area contributed by atoms with E-state index in [4.69, 9.17) is 0 Å². The van der Waals surface area contributed by atoms with Gasteiger partial charge in [0.25, 0.3) is 0 Å². The van der Waals surface area contributed by atoms with Crippen LogP contribution in [-0.4, -0.2) is 0 Å². The average Bonchev–Trinajstić information content (AvgIpc) is 2.50. The zero-order valence-corrected chi connectivity index (χ0v) is 15.2. The third-order valence-electron chi connectivity index (χ3n) is 2.69. The highest BCUT2D eigenvalue weighted by atomic mass is 127. The summed E-state index contributed by atoms with van der Waals surface area (Å²) in [7, 11) is 0. The number of halogens is 2. The SMILES string of the molecule is Ic1ccccc1.Ic1ccccc1-c1ccccc1. The summed E-state index contributed by atoms with van der Waals surface area (Å²) in [4.78, 5) is 0. The van der Waals surface area contributed by atoms with Gasteiger partial charge in [-0.15, -0.1) is 0 Å². The highest BCUT2D eigenvalue weighted by Crippen LogP contribution is 2.24. The Morgan fingerprint density at radius 1 is 0.500 bits per heavy atom. The molecular weight excluding hydrogens is 470 g/mol. The predicted octanol–water partition coefficient (Wildman–Crippen LogP) is 6.25. The monoisotopic (exact) mass is 484 g/mol. The zero-order valence-electron chi connectivity index (χ0n) is 10.8. The largest absolute Gasteiger partial charge is 0.0622 e. The second kappa shape index (κ2) is 8.42. The number of hydrogen-bond acceptors (Lipinski definition) is 0. The molecule has 0 N–H and O–H groups in total. The fraction of sp³-hybridized carbons (Fsp3) is 0. The molecule has 0 radical (unpaired) electrons. The summed E-state index contributed by atoms with van der Waals surface area (Å²) >= 11 is 4.64. The van der Waals surface area contributed by atoms with Crippen LogP contribution in [-0.2, 0) is 0 Å². The third-order valence-corrected chi connectivity index (χ3v) is 4.35. The van der Waals surface area contributed by atoms with Crippen molar-refractivity contribution in [3.8, 4) is 11.1 Å². The van der Waals surface area contributed by atoms with Crippen LogP contribution in [0.25, 0.3) is 11.1 Å². The lowest BCUT2D eigenvalue weighted by atomic mass is 10.1. The maximum atomic E-state index is 2.36. The number of hydrogen-bond donors (Lipinski definition) is 0. The Balaban J connectivity index is 0.000000178. The summed E-state index contributed by atoms with van der Waals surface area (Å²) < 4.78 is 2.59. The van der Waals surface area contributed by atoms with E-state index in [1.54, 1.807) is 0 Å². The van der Waals surface area contributed by atoms with Crippen LogP contribution in [0.4, 0.5) is 0 Å². The highest BCUT2D eigenvalue weighted by Gasteiger charge is 1.99. The first-order chi connectivity index (χ1) is 9.77. The van der Waals surface area contributed by atoms with Gasteiger partial charge in [-0.1, -0.05) is 66.7 Å². The van der Waals surface area contributed by atoms with E-state index in [1.165, 1.54) is 18.3 Å². The Morgan fingerprint density at radius 2 is 1.00 bits per heavy atom. The van der Waals surface area contributed by atoms with Crippen molar-refractivity contribution in [1.29, 1.82) is 0 Å². The Labute approximate surface area is 147 Å². The van der Waals surface area contributed by atoms with Gasteiger partial charge in [0.15, 0.2) is 0 Å². The lowest BCUT2D eigenvalue weighted by Crippen LogP contribution is -1.80. The van der Waals surface area contributed by atoms with Crippen LogP contribution in [0.3, 0.4) is 0 Å². The lowest BCUT2D eigenvalue weighted by molar-refractivity contribution is 1.58. The van der Waals surface area contributed by atoms with E-state index in [0.29, 0.717) is 0 Å². The number of rotatable bonds is 1. The second-order valence-electron chi connectivity index (χ2n) is 4.14. The minimum atomic E-state index is 1.28. The smallest absolute Gasteiger partial charge is 0.0208 e. The first-order valence-electron chi connectivity index (χ1n) is 6.28. The molecular formula is C18H14I2. The Morgan fingerprint density at radius 3 is 1.50 bits per heavy atom. The van der Waals surface area contributed by atoms with Crippen molar-refractivity contribution >= 4 is 45.2 Å². The molecule has 100 valence electrons. The molecule has 0 aliphatic heterocycles. The minimum Gasteiger partial charge on any atom is -0.0622 e. The van der Waals surface area contributed by atoms with Crippen LogP contribution in [0.1, 0.15) is 0 Å². The molecule has 0 aliphatic carbocycles. The van der Waals surface area contributed by atoms with Gasteiger partial charge in [0.2, 0.25) is 0 Å². The van der Waals surface area contributed by atoms with E-state index in [0.717, 1.165) is 0 Å². The first-order valence-corrected chi connectivity index (χ1v) is 8.43. The molecule has 20 heavy (non-hydrogen) atoms. The molecule has 0 amide bonds. The number of benzene rings is 3. The quantitative estimate of drug-likeness (QED) is 0.359. The molecule has 0 nitrogen and oxygen atoms in total. The van der Waals surface area contributed by atoms with Crippen molar-refractivity contribution in [2.75, 3.05) is 0 Å². The predicted molar refractivity (Wildman–Crippen MR) is 104 cm³/mol. The molecule has 0 aliphatic rings. The summed E-state index contributed by atoms with van der Waals surface area (Å²) in [5.41, 5.74) is 2.59. The second-order valence-corrected chi connectivity index (χ2v) is 6.55. The highest BCUT2D eigenvalue weighted by molar-refractivity contribution is 14.1. The van der Waals surface area contributed by atoms with E-state index in [2.05, 4.69) is 106 Å². The molecule has 2 heteroatoms. The van der Waals surface area contributed by atoms with Gasteiger partial charge in [0.05, 0.1) is 0 Å². The van der Waals surface area contributed by atoms with Gasteiger partial charge in [0.1, 0.15) is 0 Å². The Hall–Kier alpha value is -0.880. The molecule has 3 aromatic carbocycles. The van der Waals surface area contributed by atoms with Crippen LogP contribution in [0.5, 0.6) is 0 Å². The normalized spacial score (nSPS) is 9.50. The van der Waals surface area contributed by atoms with Gasteiger partial charge in [-0.05, 0) is 74.5 Å². The van der Waals surface area contributed by atoms with E-state index in [1.807, 2.05) is 24.3 Å². The van der Waals surface area contributed by atoms with Crippen molar-refractivity contribution in [1.82, 2.24) is 0 Å².